The van der Waals surface area contributed by atoms with Crippen LogP contribution in [-0.4, -0.2) is 59.0 Å². The Hall–Kier alpha value is -2.94. The second-order valence-electron chi connectivity index (χ2n) is 6.71. The smallest absolute Gasteiger partial charge is 0.340 e. The summed E-state index contributed by atoms with van der Waals surface area (Å²) in [6.07, 6.45) is 0.512. The average Bonchev–Trinajstić information content (AvgIpc) is 2.94. The number of ether oxygens (including phenoxy) is 2. The van der Waals surface area contributed by atoms with Crippen molar-refractivity contribution in [3.8, 4) is 0 Å². The minimum atomic E-state index is -0.953. The number of rotatable bonds is 5. The third kappa shape index (κ3) is 4.30. The summed E-state index contributed by atoms with van der Waals surface area (Å²) in [5.74, 6) is -0.220. The molecular weight excluding hydrogens is 362 g/mol. The van der Waals surface area contributed by atoms with Crippen LogP contribution in [0.2, 0.25) is 0 Å². The number of carbonyl (C=O) groups is 2. The fraction of sp³-hybridized carbons (Fsp3) is 0.474. The largest absolute Gasteiger partial charge is 0.449 e. The van der Waals surface area contributed by atoms with Crippen LogP contribution in [0.4, 0.5) is 11.5 Å². The lowest BCUT2D eigenvalue weighted by Gasteiger charge is -2.27. The Morgan fingerprint density at radius 3 is 2.54 bits per heavy atom. The van der Waals surface area contributed by atoms with Crippen LogP contribution in [-0.2, 0) is 21.3 Å². The number of esters is 1. The number of hydrogen-bond acceptors (Lipinski definition) is 7. The third-order valence-electron chi connectivity index (χ3n) is 4.73. The summed E-state index contributed by atoms with van der Waals surface area (Å²) in [6.45, 7) is 8.04. The first-order chi connectivity index (χ1) is 13.4. The van der Waals surface area contributed by atoms with E-state index in [1.165, 1.54) is 13.1 Å². The summed E-state index contributed by atoms with van der Waals surface area (Å²) in [5, 5.41) is 7.03. The summed E-state index contributed by atoms with van der Waals surface area (Å²) < 4.78 is 12.3. The molecule has 1 unspecified atom stereocenters. The Bertz CT molecular complexity index is 856. The number of aryl methyl sites for hydroxylation is 2. The molecule has 1 aliphatic rings. The van der Waals surface area contributed by atoms with Crippen molar-refractivity contribution in [3.05, 3.63) is 35.3 Å². The fourth-order valence-corrected chi connectivity index (χ4v) is 2.95. The van der Waals surface area contributed by atoms with Gasteiger partial charge >= 0.3 is 5.97 Å². The molecule has 0 saturated carbocycles. The number of carbonyl (C=O) groups excluding carboxylic acids is 2. The first-order valence-corrected chi connectivity index (χ1v) is 9.17. The molecule has 1 N–H and O–H groups in total. The topological polar surface area (TPSA) is 98.6 Å². The van der Waals surface area contributed by atoms with Crippen molar-refractivity contribution in [3.63, 3.8) is 0 Å². The van der Waals surface area contributed by atoms with E-state index in [4.69, 9.17) is 9.47 Å². The fourth-order valence-electron chi connectivity index (χ4n) is 2.95. The lowest BCUT2D eigenvalue weighted by molar-refractivity contribution is -0.123. The highest BCUT2D eigenvalue weighted by molar-refractivity contribution is 5.97. The normalized spacial score (nSPS) is 15.2. The molecule has 0 spiro atoms. The van der Waals surface area contributed by atoms with Crippen LogP contribution in [0.15, 0.2) is 18.3 Å². The number of nitrogens with one attached hydrogen (secondary N) is 1. The van der Waals surface area contributed by atoms with Crippen LogP contribution in [0.25, 0.3) is 0 Å². The lowest BCUT2D eigenvalue weighted by Crippen LogP contribution is -2.36. The van der Waals surface area contributed by atoms with Gasteiger partial charge in [0.15, 0.2) is 6.10 Å². The zero-order valence-corrected chi connectivity index (χ0v) is 16.6. The number of amides is 1. The van der Waals surface area contributed by atoms with E-state index >= 15 is 0 Å². The summed E-state index contributed by atoms with van der Waals surface area (Å²) in [6, 6.07) is 3.43. The number of anilines is 2. The Labute approximate surface area is 163 Å². The molecule has 0 bridgehead atoms. The number of morpholine rings is 1. The molecule has 1 saturated heterocycles. The second-order valence-corrected chi connectivity index (χ2v) is 6.71. The minimum absolute atomic E-state index is 0.297. The van der Waals surface area contributed by atoms with Crippen LogP contribution in [0.5, 0.6) is 0 Å². The maximum Gasteiger partial charge on any atom is 0.340 e. The number of nitrogens with zero attached hydrogens (tertiary/aromatic N) is 4. The Balaban J connectivity index is 1.59. The van der Waals surface area contributed by atoms with Crippen molar-refractivity contribution < 1.29 is 19.1 Å². The Kier molecular flexibility index (Phi) is 5.93. The predicted octanol–water partition coefficient (Wildman–Crippen LogP) is 1.45. The van der Waals surface area contributed by atoms with Gasteiger partial charge in [-0.2, -0.15) is 5.10 Å². The van der Waals surface area contributed by atoms with Gasteiger partial charge in [0, 0.05) is 26.3 Å². The summed E-state index contributed by atoms with van der Waals surface area (Å²) in [4.78, 5) is 31.2. The highest BCUT2D eigenvalue weighted by atomic mass is 16.5. The van der Waals surface area contributed by atoms with E-state index in [0.717, 1.165) is 24.6 Å². The summed E-state index contributed by atoms with van der Waals surface area (Å²) >= 11 is 0. The van der Waals surface area contributed by atoms with E-state index in [9.17, 15) is 9.59 Å². The van der Waals surface area contributed by atoms with Gasteiger partial charge in [0.05, 0.1) is 35.9 Å². The Morgan fingerprint density at radius 2 is 1.96 bits per heavy atom. The molecule has 2 aromatic heterocycles. The van der Waals surface area contributed by atoms with E-state index in [1.54, 1.807) is 30.8 Å². The lowest BCUT2D eigenvalue weighted by atomic mass is 10.2. The molecule has 0 aromatic carbocycles. The Morgan fingerprint density at radius 1 is 1.25 bits per heavy atom. The van der Waals surface area contributed by atoms with Gasteiger partial charge in [-0.3, -0.25) is 9.48 Å². The van der Waals surface area contributed by atoms with Crippen LogP contribution in [0, 0.1) is 13.8 Å². The van der Waals surface area contributed by atoms with Crippen LogP contribution < -0.4 is 10.2 Å². The molecule has 150 valence electrons. The molecule has 2 aromatic rings. The SMILES string of the molecule is Cc1nn(C)c(C)c1NC(=O)C(C)OC(=O)c1ccc(N2CCOCC2)nc1. The van der Waals surface area contributed by atoms with E-state index in [1.807, 2.05) is 6.92 Å². The van der Waals surface area contributed by atoms with E-state index in [0.29, 0.717) is 30.2 Å². The molecule has 1 atom stereocenters. The van der Waals surface area contributed by atoms with E-state index < -0.39 is 18.0 Å². The molecule has 1 aliphatic heterocycles. The number of pyridine rings is 1. The molecule has 1 fully saturated rings. The molecule has 9 nitrogen and oxygen atoms in total. The quantitative estimate of drug-likeness (QED) is 0.776. The van der Waals surface area contributed by atoms with Crippen molar-refractivity contribution in [2.75, 3.05) is 36.5 Å². The zero-order valence-electron chi connectivity index (χ0n) is 16.6. The first-order valence-electron chi connectivity index (χ1n) is 9.17. The average molecular weight is 387 g/mol. The van der Waals surface area contributed by atoms with Gasteiger partial charge in [0.25, 0.3) is 5.91 Å². The van der Waals surface area contributed by atoms with Crippen LogP contribution >= 0.6 is 0 Å². The molecule has 9 heteroatoms. The highest BCUT2D eigenvalue weighted by Crippen LogP contribution is 2.19. The second kappa shape index (κ2) is 8.39. The van der Waals surface area contributed by atoms with Gasteiger partial charge in [-0.05, 0) is 32.9 Å². The first kappa shape index (κ1) is 19.8. The summed E-state index contributed by atoms with van der Waals surface area (Å²) in [5.41, 5.74) is 2.46. The molecule has 3 heterocycles. The van der Waals surface area contributed by atoms with Crippen LogP contribution in [0.3, 0.4) is 0 Å². The summed E-state index contributed by atoms with van der Waals surface area (Å²) in [7, 11) is 1.80. The van der Waals surface area contributed by atoms with Gasteiger partial charge in [0.2, 0.25) is 0 Å². The van der Waals surface area contributed by atoms with Gasteiger partial charge in [-0.1, -0.05) is 0 Å². The monoisotopic (exact) mass is 387 g/mol. The van der Waals surface area contributed by atoms with E-state index in [-0.39, 0.29) is 0 Å². The standard InChI is InChI=1S/C19H25N5O4/c1-12-17(13(2)23(4)22-12)21-18(25)14(3)28-19(26)15-5-6-16(20-11-15)24-7-9-27-10-8-24/h5-6,11,14H,7-10H2,1-4H3,(H,21,25). The zero-order chi connectivity index (χ0) is 20.3. The van der Waals surface area contributed by atoms with Crippen molar-refractivity contribution in [2.45, 2.75) is 26.9 Å². The highest BCUT2D eigenvalue weighted by Gasteiger charge is 2.22. The van der Waals surface area contributed by atoms with Gasteiger partial charge in [0.1, 0.15) is 5.82 Å². The molecule has 0 aliphatic carbocycles. The van der Waals surface area contributed by atoms with Crippen molar-refractivity contribution >= 4 is 23.4 Å². The van der Waals surface area contributed by atoms with Crippen LogP contribution in [0.1, 0.15) is 28.7 Å². The molecular formula is C19H25N5O4. The van der Waals surface area contributed by atoms with Gasteiger partial charge in [-0.15, -0.1) is 0 Å². The van der Waals surface area contributed by atoms with Crippen molar-refractivity contribution in [1.29, 1.82) is 0 Å². The molecule has 28 heavy (non-hydrogen) atoms. The van der Waals surface area contributed by atoms with Crippen molar-refractivity contribution in [1.82, 2.24) is 14.8 Å². The number of hydrogen-bond donors (Lipinski definition) is 1. The van der Waals surface area contributed by atoms with Gasteiger partial charge < -0.3 is 19.7 Å². The molecule has 0 radical (unpaired) electrons. The minimum Gasteiger partial charge on any atom is -0.449 e. The predicted molar refractivity (Wildman–Crippen MR) is 103 cm³/mol. The van der Waals surface area contributed by atoms with E-state index in [2.05, 4.69) is 20.3 Å². The number of aromatic nitrogens is 3. The molecule has 3 rings (SSSR count). The maximum absolute atomic E-state index is 12.4. The third-order valence-corrected chi connectivity index (χ3v) is 4.73. The van der Waals surface area contributed by atoms with Crippen molar-refractivity contribution in [2.24, 2.45) is 7.05 Å². The molecule has 1 amide bonds. The maximum atomic E-state index is 12.4. The van der Waals surface area contributed by atoms with Gasteiger partial charge in [-0.25, -0.2) is 9.78 Å².